The number of amides is 2. The molecule has 3 heterocycles. The van der Waals surface area contributed by atoms with E-state index in [0.29, 0.717) is 19.4 Å². The predicted octanol–water partition coefficient (Wildman–Crippen LogP) is 1.75. The molecule has 7 nitrogen and oxygen atoms in total. The zero-order valence-corrected chi connectivity index (χ0v) is 15.3. The summed E-state index contributed by atoms with van der Waals surface area (Å²) < 4.78 is 1.81. The van der Waals surface area contributed by atoms with Crippen molar-refractivity contribution in [1.29, 1.82) is 0 Å². The average molecular weight is 355 g/mol. The molecule has 0 radical (unpaired) electrons. The Morgan fingerprint density at radius 2 is 2.15 bits per heavy atom. The number of likely N-dealkylation sites (tertiary alicyclic amines) is 1. The third-order valence-corrected chi connectivity index (χ3v) is 4.83. The Morgan fingerprint density at radius 3 is 2.88 bits per heavy atom. The number of carbonyl (C=O) groups is 2. The van der Waals surface area contributed by atoms with Gasteiger partial charge in [-0.1, -0.05) is 0 Å². The molecule has 2 amide bonds. The summed E-state index contributed by atoms with van der Waals surface area (Å²) >= 11 is 0. The van der Waals surface area contributed by atoms with Gasteiger partial charge in [0.25, 0.3) is 0 Å². The van der Waals surface area contributed by atoms with E-state index in [1.54, 1.807) is 12.4 Å². The maximum absolute atomic E-state index is 12.8. The molecule has 138 valence electrons. The lowest BCUT2D eigenvalue weighted by atomic mass is 10.0. The zero-order valence-electron chi connectivity index (χ0n) is 15.3. The third kappa shape index (κ3) is 4.28. The van der Waals surface area contributed by atoms with Crippen molar-refractivity contribution in [2.75, 3.05) is 6.54 Å². The van der Waals surface area contributed by atoms with Gasteiger partial charge >= 0.3 is 0 Å². The van der Waals surface area contributed by atoms with Crippen molar-refractivity contribution in [3.8, 4) is 0 Å². The van der Waals surface area contributed by atoms with Crippen LogP contribution in [0.3, 0.4) is 0 Å². The Balaban J connectivity index is 1.65. The first kappa shape index (κ1) is 18.1. The van der Waals surface area contributed by atoms with Gasteiger partial charge in [0, 0.05) is 45.0 Å². The van der Waals surface area contributed by atoms with Gasteiger partial charge in [-0.3, -0.25) is 19.3 Å². The van der Waals surface area contributed by atoms with Gasteiger partial charge in [-0.2, -0.15) is 5.10 Å². The van der Waals surface area contributed by atoms with Crippen LogP contribution in [0.5, 0.6) is 0 Å². The van der Waals surface area contributed by atoms with E-state index < -0.39 is 0 Å². The zero-order chi connectivity index (χ0) is 18.5. The number of rotatable bonds is 6. The molecule has 0 bridgehead atoms. The SMILES string of the molecule is CC(=O)NCc1cc([C@H]2CCCN2C(=O)CCc2ccnn2C)ccn1. The van der Waals surface area contributed by atoms with Gasteiger partial charge in [-0.25, -0.2) is 0 Å². The van der Waals surface area contributed by atoms with E-state index in [-0.39, 0.29) is 17.9 Å². The molecule has 1 atom stereocenters. The van der Waals surface area contributed by atoms with Gasteiger partial charge in [0.05, 0.1) is 18.3 Å². The van der Waals surface area contributed by atoms with Crippen molar-refractivity contribution < 1.29 is 9.59 Å². The van der Waals surface area contributed by atoms with E-state index in [4.69, 9.17) is 0 Å². The molecule has 0 saturated carbocycles. The van der Waals surface area contributed by atoms with Gasteiger partial charge in [0.2, 0.25) is 11.8 Å². The van der Waals surface area contributed by atoms with Crippen molar-refractivity contribution in [3.63, 3.8) is 0 Å². The first-order valence-electron chi connectivity index (χ1n) is 9.00. The monoisotopic (exact) mass is 355 g/mol. The molecule has 26 heavy (non-hydrogen) atoms. The van der Waals surface area contributed by atoms with Crippen LogP contribution in [0.15, 0.2) is 30.6 Å². The summed E-state index contributed by atoms with van der Waals surface area (Å²) in [7, 11) is 1.89. The van der Waals surface area contributed by atoms with Crippen LogP contribution < -0.4 is 5.32 Å². The van der Waals surface area contributed by atoms with Crippen LogP contribution in [-0.2, 0) is 29.6 Å². The summed E-state index contributed by atoms with van der Waals surface area (Å²) in [5.41, 5.74) is 2.97. The van der Waals surface area contributed by atoms with Crippen molar-refractivity contribution in [3.05, 3.63) is 47.5 Å². The Morgan fingerprint density at radius 1 is 1.31 bits per heavy atom. The van der Waals surface area contributed by atoms with Crippen molar-refractivity contribution in [2.24, 2.45) is 7.05 Å². The Labute approximate surface area is 153 Å². The molecule has 2 aromatic heterocycles. The topological polar surface area (TPSA) is 80.1 Å². The highest BCUT2D eigenvalue weighted by molar-refractivity contribution is 5.77. The average Bonchev–Trinajstić information content (AvgIpc) is 3.27. The molecule has 1 aliphatic heterocycles. The minimum Gasteiger partial charge on any atom is -0.351 e. The summed E-state index contributed by atoms with van der Waals surface area (Å²) in [6.45, 7) is 2.69. The van der Waals surface area contributed by atoms with E-state index in [0.717, 1.165) is 36.3 Å². The van der Waals surface area contributed by atoms with Crippen LogP contribution >= 0.6 is 0 Å². The second-order valence-electron chi connectivity index (χ2n) is 6.68. The highest BCUT2D eigenvalue weighted by atomic mass is 16.2. The van der Waals surface area contributed by atoms with Crippen molar-refractivity contribution >= 4 is 11.8 Å². The minimum absolute atomic E-state index is 0.0787. The molecule has 1 saturated heterocycles. The summed E-state index contributed by atoms with van der Waals surface area (Å²) in [4.78, 5) is 30.1. The lowest BCUT2D eigenvalue weighted by Crippen LogP contribution is -2.31. The summed E-state index contributed by atoms with van der Waals surface area (Å²) in [6.07, 6.45) is 6.66. The summed E-state index contributed by atoms with van der Waals surface area (Å²) in [5.74, 6) is 0.0963. The molecule has 3 rings (SSSR count). The van der Waals surface area contributed by atoms with E-state index in [2.05, 4.69) is 15.4 Å². The number of hydrogen-bond acceptors (Lipinski definition) is 4. The van der Waals surface area contributed by atoms with Crippen LogP contribution in [0.25, 0.3) is 0 Å². The number of hydrogen-bond donors (Lipinski definition) is 1. The number of aryl methyl sites for hydroxylation is 2. The molecule has 0 aliphatic carbocycles. The highest BCUT2D eigenvalue weighted by Gasteiger charge is 2.29. The van der Waals surface area contributed by atoms with Gasteiger partial charge in [-0.05, 0) is 43.0 Å². The third-order valence-electron chi connectivity index (χ3n) is 4.83. The molecule has 0 spiro atoms. The normalized spacial score (nSPS) is 16.7. The lowest BCUT2D eigenvalue weighted by Gasteiger charge is -2.25. The largest absolute Gasteiger partial charge is 0.351 e. The number of pyridine rings is 1. The number of carbonyl (C=O) groups excluding carboxylic acids is 2. The molecule has 1 fully saturated rings. The van der Waals surface area contributed by atoms with Crippen LogP contribution in [0.4, 0.5) is 0 Å². The van der Waals surface area contributed by atoms with Crippen LogP contribution in [0.1, 0.15) is 49.2 Å². The first-order valence-corrected chi connectivity index (χ1v) is 9.00. The maximum atomic E-state index is 12.8. The Hall–Kier alpha value is -2.70. The fraction of sp³-hybridized carbons (Fsp3) is 0.474. The number of aromatic nitrogens is 3. The molecule has 0 aromatic carbocycles. The summed E-state index contributed by atoms with van der Waals surface area (Å²) in [5, 5.41) is 6.91. The molecule has 1 aliphatic rings. The molecule has 7 heteroatoms. The highest BCUT2D eigenvalue weighted by Crippen LogP contribution is 2.32. The molecule has 1 N–H and O–H groups in total. The van der Waals surface area contributed by atoms with Crippen LogP contribution in [-0.4, -0.2) is 38.0 Å². The molecular formula is C19H25N5O2. The fourth-order valence-electron chi connectivity index (χ4n) is 3.45. The Bertz CT molecular complexity index is 786. The van der Waals surface area contributed by atoms with E-state index >= 15 is 0 Å². The molecule has 2 aromatic rings. The second kappa shape index (κ2) is 8.12. The second-order valence-corrected chi connectivity index (χ2v) is 6.68. The van der Waals surface area contributed by atoms with E-state index in [1.807, 2.05) is 34.8 Å². The van der Waals surface area contributed by atoms with Crippen molar-refractivity contribution in [1.82, 2.24) is 25.0 Å². The smallest absolute Gasteiger partial charge is 0.223 e. The van der Waals surface area contributed by atoms with Crippen LogP contribution in [0.2, 0.25) is 0 Å². The standard InChI is InChI=1S/C19H25N5O2/c1-14(25)21-13-16-12-15(7-9-20-16)18-4-3-11-24(18)19(26)6-5-17-8-10-22-23(17)2/h7-10,12,18H,3-6,11,13H2,1-2H3,(H,21,25)/t18-/m1/s1. The lowest BCUT2D eigenvalue weighted by molar-refractivity contribution is -0.132. The minimum atomic E-state index is -0.0787. The fourth-order valence-corrected chi connectivity index (χ4v) is 3.45. The van der Waals surface area contributed by atoms with Gasteiger partial charge in [0.15, 0.2) is 0 Å². The van der Waals surface area contributed by atoms with E-state index in [1.165, 1.54) is 6.92 Å². The quantitative estimate of drug-likeness (QED) is 0.856. The van der Waals surface area contributed by atoms with Gasteiger partial charge in [0.1, 0.15) is 0 Å². The maximum Gasteiger partial charge on any atom is 0.223 e. The predicted molar refractivity (Wildman–Crippen MR) is 97.0 cm³/mol. The van der Waals surface area contributed by atoms with Crippen molar-refractivity contribution in [2.45, 2.75) is 45.2 Å². The number of nitrogens with one attached hydrogen (secondary N) is 1. The Kier molecular flexibility index (Phi) is 5.65. The van der Waals surface area contributed by atoms with Gasteiger partial charge < -0.3 is 10.2 Å². The van der Waals surface area contributed by atoms with Crippen LogP contribution in [0, 0.1) is 0 Å². The van der Waals surface area contributed by atoms with E-state index in [9.17, 15) is 9.59 Å². The van der Waals surface area contributed by atoms with Gasteiger partial charge in [-0.15, -0.1) is 0 Å². The first-order chi connectivity index (χ1) is 12.5. The summed E-state index contributed by atoms with van der Waals surface area (Å²) in [6, 6.07) is 6.00. The molecule has 0 unspecified atom stereocenters. The number of nitrogens with zero attached hydrogens (tertiary/aromatic N) is 4. The molecular weight excluding hydrogens is 330 g/mol.